The number of hydrogen-bond donors (Lipinski definition) is 1. The molecule has 0 aliphatic heterocycles. The summed E-state index contributed by atoms with van der Waals surface area (Å²) < 4.78 is 4.64. The maximum Gasteiger partial charge on any atom is 0.413 e. The van der Waals surface area contributed by atoms with E-state index in [4.69, 9.17) is 23.2 Å². The van der Waals surface area contributed by atoms with Crippen LogP contribution in [0, 0.1) is 0 Å². The molecule has 0 bridgehead atoms. The Hall–Kier alpha value is -2.24. The summed E-state index contributed by atoms with van der Waals surface area (Å²) in [5.74, 6) is -0.178. The second-order valence-corrected chi connectivity index (χ2v) is 5.86. The van der Waals surface area contributed by atoms with Gasteiger partial charge in [0.05, 0.1) is 23.6 Å². The maximum absolute atomic E-state index is 12.1. The first-order valence-corrected chi connectivity index (χ1v) is 7.82. The number of carbonyl (C=O) groups excluding carboxylic acids is 2. The molecule has 2 amide bonds. The van der Waals surface area contributed by atoms with Gasteiger partial charge in [-0.25, -0.2) is 4.79 Å². The van der Waals surface area contributed by atoms with E-state index in [0.29, 0.717) is 21.4 Å². The van der Waals surface area contributed by atoms with Crippen molar-refractivity contribution in [1.82, 2.24) is 0 Å². The molecule has 0 saturated heterocycles. The molecule has 0 atom stereocenters. The van der Waals surface area contributed by atoms with Crippen LogP contribution in [0.4, 0.5) is 16.2 Å². The number of nitrogens with zero attached hydrogens (tertiary/aromatic N) is 1. The lowest BCUT2D eigenvalue weighted by Crippen LogP contribution is -2.25. The van der Waals surface area contributed by atoms with Gasteiger partial charge in [0.1, 0.15) is 0 Å². The van der Waals surface area contributed by atoms with Crippen molar-refractivity contribution < 1.29 is 14.3 Å². The molecule has 2 aromatic rings. The summed E-state index contributed by atoms with van der Waals surface area (Å²) >= 11 is 11.8. The van der Waals surface area contributed by atoms with Gasteiger partial charge in [0.25, 0.3) is 0 Å². The Labute approximate surface area is 150 Å². The SMILES string of the molecule is COC(=O)N(C)c1ccc(NC(=O)Cc2ccc(Cl)c(Cl)c2)cc1. The zero-order valence-corrected chi connectivity index (χ0v) is 14.7. The highest BCUT2D eigenvalue weighted by Crippen LogP contribution is 2.23. The van der Waals surface area contributed by atoms with Crippen molar-refractivity contribution in [3.8, 4) is 0 Å². The lowest BCUT2D eigenvalue weighted by Gasteiger charge is -2.16. The molecule has 0 aromatic heterocycles. The fourth-order valence-corrected chi connectivity index (χ4v) is 2.37. The number of benzene rings is 2. The maximum atomic E-state index is 12.1. The highest BCUT2D eigenvalue weighted by molar-refractivity contribution is 6.42. The van der Waals surface area contributed by atoms with Crippen LogP contribution in [0.15, 0.2) is 42.5 Å². The second-order valence-electron chi connectivity index (χ2n) is 5.05. The van der Waals surface area contributed by atoms with Crippen LogP contribution >= 0.6 is 23.2 Å². The zero-order valence-electron chi connectivity index (χ0n) is 13.2. The fourth-order valence-electron chi connectivity index (χ4n) is 2.05. The van der Waals surface area contributed by atoms with E-state index in [2.05, 4.69) is 10.1 Å². The van der Waals surface area contributed by atoms with E-state index < -0.39 is 6.09 Å². The van der Waals surface area contributed by atoms with Gasteiger partial charge in [-0.3, -0.25) is 9.69 Å². The summed E-state index contributed by atoms with van der Waals surface area (Å²) in [5.41, 5.74) is 2.05. The molecular weight excluding hydrogens is 351 g/mol. The number of carbonyl (C=O) groups is 2. The molecule has 0 aliphatic carbocycles. The Bertz CT molecular complexity index is 748. The number of amides is 2. The molecule has 0 heterocycles. The summed E-state index contributed by atoms with van der Waals surface area (Å²) in [6.07, 6.45) is -0.285. The number of rotatable bonds is 4. The van der Waals surface area contributed by atoms with Gasteiger partial charge in [0.2, 0.25) is 5.91 Å². The Balaban J connectivity index is 1.99. The van der Waals surface area contributed by atoms with Crippen molar-refractivity contribution in [3.63, 3.8) is 0 Å². The van der Waals surface area contributed by atoms with Crippen molar-refractivity contribution in [2.24, 2.45) is 0 Å². The Morgan fingerprint density at radius 1 is 1.08 bits per heavy atom. The smallest absolute Gasteiger partial charge is 0.413 e. The van der Waals surface area contributed by atoms with Crippen LogP contribution in [0.2, 0.25) is 10.0 Å². The molecule has 126 valence electrons. The molecule has 0 radical (unpaired) electrons. The van der Waals surface area contributed by atoms with E-state index in [1.807, 2.05) is 0 Å². The summed E-state index contributed by atoms with van der Waals surface area (Å²) in [6, 6.07) is 11.9. The monoisotopic (exact) mass is 366 g/mol. The van der Waals surface area contributed by atoms with Crippen LogP contribution in [-0.4, -0.2) is 26.2 Å². The van der Waals surface area contributed by atoms with Gasteiger partial charge >= 0.3 is 6.09 Å². The first-order valence-electron chi connectivity index (χ1n) is 7.06. The van der Waals surface area contributed by atoms with E-state index in [9.17, 15) is 9.59 Å². The van der Waals surface area contributed by atoms with Gasteiger partial charge in [-0.2, -0.15) is 0 Å². The Morgan fingerprint density at radius 2 is 1.75 bits per heavy atom. The molecule has 0 aliphatic rings. The van der Waals surface area contributed by atoms with Crippen LogP contribution < -0.4 is 10.2 Å². The minimum atomic E-state index is -0.466. The van der Waals surface area contributed by atoms with Crippen molar-refractivity contribution in [2.45, 2.75) is 6.42 Å². The molecule has 0 unspecified atom stereocenters. The Kier molecular flexibility index (Phi) is 6.06. The predicted octanol–water partition coefficient (Wildman–Crippen LogP) is 4.38. The molecule has 2 rings (SSSR count). The fraction of sp³-hybridized carbons (Fsp3) is 0.176. The second kappa shape index (κ2) is 8.04. The molecule has 5 nitrogen and oxygen atoms in total. The molecule has 1 N–H and O–H groups in total. The molecular formula is C17H16Cl2N2O3. The number of hydrogen-bond acceptors (Lipinski definition) is 3. The van der Waals surface area contributed by atoms with E-state index >= 15 is 0 Å². The number of ether oxygens (including phenoxy) is 1. The summed E-state index contributed by atoms with van der Waals surface area (Å²) in [7, 11) is 2.92. The van der Waals surface area contributed by atoms with Gasteiger partial charge in [-0.05, 0) is 42.0 Å². The minimum absolute atomic E-state index is 0.178. The van der Waals surface area contributed by atoms with Gasteiger partial charge in [-0.15, -0.1) is 0 Å². The van der Waals surface area contributed by atoms with Crippen LogP contribution in [0.1, 0.15) is 5.56 Å². The van der Waals surface area contributed by atoms with Gasteiger partial charge < -0.3 is 10.1 Å². The highest BCUT2D eigenvalue weighted by atomic mass is 35.5. The van der Waals surface area contributed by atoms with E-state index in [0.717, 1.165) is 5.56 Å². The quantitative estimate of drug-likeness (QED) is 0.873. The van der Waals surface area contributed by atoms with Gasteiger partial charge in [0, 0.05) is 18.4 Å². The highest BCUT2D eigenvalue weighted by Gasteiger charge is 2.11. The van der Waals surface area contributed by atoms with Crippen LogP contribution in [0.5, 0.6) is 0 Å². The molecule has 0 spiro atoms. The van der Waals surface area contributed by atoms with Crippen LogP contribution in [-0.2, 0) is 16.0 Å². The number of nitrogens with one attached hydrogen (secondary N) is 1. The average Bonchev–Trinajstić information content (AvgIpc) is 2.57. The summed E-state index contributed by atoms with van der Waals surface area (Å²) in [4.78, 5) is 24.9. The lowest BCUT2D eigenvalue weighted by molar-refractivity contribution is -0.115. The molecule has 2 aromatic carbocycles. The zero-order chi connectivity index (χ0) is 17.7. The van der Waals surface area contributed by atoms with Crippen LogP contribution in [0.25, 0.3) is 0 Å². The lowest BCUT2D eigenvalue weighted by atomic mass is 10.1. The third-order valence-electron chi connectivity index (χ3n) is 3.34. The minimum Gasteiger partial charge on any atom is -0.452 e. The van der Waals surface area contributed by atoms with Crippen molar-refractivity contribution in [1.29, 1.82) is 0 Å². The standard InChI is InChI=1S/C17H16Cl2N2O3/c1-21(17(23)24-2)13-6-4-12(5-7-13)20-16(22)10-11-3-8-14(18)15(19)9-11/h3-9H,10H2,1-2H3,(H,20,22). The third-order valence-corrected chi connectivity index (χ3v) is 4.07. The predicted molar refractivity (Wildman–Crippen MR) is 96.0 cm³/mol. The van der Waals surface area contributed by atoms with E-state index in [-0.39, 0.29) is 12.3 Å². The topological polar surface area (TPSA) is 58.6 Å². The van der Waals surface area contributed by atoms with Crippen molar-refractivity contribution >= 4 is 46.6 Å². The normalized spacial score (nSPS) is 10.2. The summed E-state index contributed by atoms with van der Waals surface area (Å²) in [6.45, 7) is 0. The third kappa shape index (κ3) is 4.63. The molecule has 0 fully saturated rings. The number of methoxy groups -OCH3 is 1. The van der Waals surface area contributed by atoms with Crippen LogP contribution in [0.3, 0.4) is 0 Å². The molecule has 0 saturated carbocycles. The van der Waals surface area contributed by atoms with Gasteiger partial charge in [0.15, 0.2) is 0 Å². The molecule has 7 heteroatoms. The molecule has 24 heavy (non-hydrogen) atoms. The van der Waals surface area contributed by atoms with E-state index in [1.165, 1.54) is 12.0 Å². The number of halogens is 2. The number of anilines is 2. The first-order chi connectivity index (χ1) is 11.4. The average molecular weight is 367 g/mol. The Morgan fingerprint density at radius 3 is 2.33 bits per heavy atom. The summed E-state index contributed by atoms with van der Waals surface area (Å²) in [5, 5.41) is 3.65. The van der Waals surface area contributed by atoms with Crippen molar-refractivity contribution in [2.75, 3.05) is 24.4 Å². The first kappa shape index (κ1) is 18.1. The largest absolute Gasteiger partial charge is 0.452 e. The van der Waals surface area contributed by atoms with E-state index in [1.54, 1.807) is 49.5 Å². The van der Waals surface area contributed by atoms with Crippen molar-refractivity contribution in [3.05, 3.63) is 58.1 Å². The van der Waals surface area contributed by atoms with Gasteiger partial charge in [-0.1, -0.05) is 29.3 Å².